The predicted octanol–water partition coefficient (Wildman–Crippen LogP) is 3.65. The smallest absolute Gasteiger partial charge is 0.224 e. The minimum atomic E-state index is 0.557. The van der Waals surface area contributed by atoms with E-state index in [1.54, 1.807) is 0 Å². The molecule has 0 aliphatic heterocycles. The normalized spacial score (nSPS) is 10.2. The highest BCUT2D eigenvalue weighted by Crippen LogP contribution is 2.21. The molecule has 1 aromatic heterocycles. The number of aryl methyl sites for hydroxylation is 1. The summed E-state index contributed by atoms with van der Waals surface area (Å²) in [7, 11) is 0. The molecular weight excluding hydrogens is 238 g/mol. The fourth-order valence-corrected chi connectivity index (χ4v) is 1.69. The van der Waals surface area contributed by atoms with Crippen LogP contribution in [-0.2, 0) is 6.42 Å². The topological polar surface area (TPSA) is 47.0 Å². The van der Waals surface area contributed by atoms with Crippen molar-refractivity contribution < 1.29 is 4.74 Å². The van der Waals surface area contributed by atoms with Crippen LogP contribution < -0.4 is 10.1 Å². The standard InChI is InChI=1S/C15H19N3O/c1-3-8-16-14-10-15(18-11-17-14)19-13-7-5-6-12(4-2)9-13/h5-7,9-11H,3-4,8H2,1-2H3,(H,16,17,18). The van der Waals surface area contributed by atoms with Crippen LogP contribution in [0.5, 0.6) is 11.6 Å². The molecule has 0 spiro atoms. The van der Waals surface area contributed by atoms with E-state index in [0.717, 1.165) is 31.0 Å². The molecule has 0 unspecified atom stereocenters. The Morgan fingerprint density at radius 1 is 1.16 bits per heavy atom. The van der Waals surface area contributed by atoms with Gasteiger partial charge >= 0.3 is 0 Å². The van der Waals surface area contributed by atoms with Gasteiger partial charge in [-0.05, 0) is 30.5 Å². The Labute approximate surface area is 113 Å². The second-order valence-corrected chi connectivity index (χ2v) is 4.27. The summed E-state index contributed by atoms with van der Waals surface area (Å²) in [6, 6.07) is 9.85. The van der Waals surface area contributed by atoms with Crippen molar-refractivity contribution in [2.45, 2.75) is 26.7 Å². The van der Waals surface area contributed by atoms with Gasteiger partial charge in [0.15, 0.2) is 0 Å². The first-order valence-electron chi connectivity index (χ1n) is 6.64. The molecule has 0 saturated carbocycles. The van der Waals surface area contributed by atoms with Gasteiger partial charge in [0.1, 0.15) is 17.9 Å². The quantitative estimate of drug-likeness (QED) is 0.858. The molecule has 0 amide bonds. The lowest BCUT2D eigenvalue weighted by Gasteiger charge is -2.08. The van der Waals surface area contributed by atoms with E-state index < -0.39 is 0 Å². The van der Waals surface area contributed by atoms with Crippen molar-refractivity contribution in [1.29, 1.82) is 0 Å². The van der Waals surface area contributed by atoms with Crippen LogP contribution in [0.1, 0.15) is 25.8 Å². The van der Waals surface area contributed by atoms with Gasteiger partial charge in [-0.2, -0.15) is 0 Å². The van der Waals surface area contributed by atoms with E-state index in [1.165, 1.54) is 11.9 Å². The van der Waals surface area contributed by atoms with Crippen LogP contribution in [0.3, 0.4) is 0 Å². The molecular formula is C15H19N3O. The van der Waals surface area contributed by atoms with Gasteiger partial charge in [0, 0.05) is 12.6 Å². The van der Waals surface area contributed by atoms with Crippen LogP contribution in [0.25, 0.3) is 0 Å². The number of hydrogen-bond acceptors (Lipinski definition) is 4. The number of aromatic nitrogens is 2. The molecule has 0 bridgehead atoms. The molecule has 0 fully saturated rings. The average molecular weight is 257 g/mol. The molecule has 1 heterocycles. The summed E-state index contributed by atoms with van der Waals surface area (Å²) in [6.45, 7) is 5.13. The van der Waals surface area contributed by atoms with Crippen LogP contribution in [0.15, 0.2) is 36.7 Å². The summed E-state index contributed by atoms with van der Waals surface area (Å²) < 4.78 is 5.75. The van der Waals surface area contributed by atoms with E-state index in [-0.39, 0.29) is 0 Å². The van der Waals surface area contributed by atoms with E-state index >= 15 is 0 Å². The summed E-state index contributed by atoms with van der Waals surface area (Å²) in [5.41, 5.74) is 1.25. The fraction of sp³-hybridized carbons (Fsp3) is 0.333. The van der Waals surface area contributed by atoms with Crippen LogP contribution in [0, 0.1) is 0 Å². The molecule has 0 aliphatic carbocycles. The van der Waals surface area contributed by atoms with Gasteiger partial charge < -0.3 is 10.1 Å². The lowest BCUT2D eigenvalue weighted by Crippen LogP contribution is -2.02. The van der Waals surface area contributed by atoms with Crippen molar-refractivity contribution in [2.75, 3.05) is 11.9 Å². The third kappa shape index (κ3) is 3.95. The number of hydrogen-bond donors (Lipinski definition) is 1. The minimum absolute atomic E-state index is 0.557. The number of anilines is 1. The van der Waals surface area contributed by atoms with Crippen molar-refractivity contribution in [3.63, 3.8) is 0 Å². The third-order valence-corrected chi connectivity index (χ3v) is 2.73. The zero-order valence-electron chi connectivity index (χ0n) is 11.4. The SMILES string of the molecule is CCCNc1cc(Oc2cccc(CC)c2)ncn1. The van der Waals surface area contributed by atoms with Crippen LogP contribution >= 0.6 is 0 Å². The number of nitrogens with zero attached hydrogens (tertiary/aromatic N) is 2. The van der Waals surface area contributed by atoms with Gasteiger partial charge in [0.05, 0.1) is 0 Å². The minimum Gasteiger partial charge on any atom is -0.439 e. The van der Waals surface area contributed by atoms with Crippen LogP contribution in [0.2, 0.25) is 0 Å². The van der Waals surface area contributed by atoms with Gasteiger partial charge in [-0.3, -0.25) is 0 Å². The Kier molecular flexibility index (Phi) is 4.72. The van der Waals surface area contributed by atoms with Gasteiger partial charge in [-0.15, -0.1) is 0 Å². The van der Waals surface area contributed by atoms with E-state index in [2.05, 4.69) is 35.2 Å². The maximum absolute atomic E-state index is 5.75. The molecule has 4 heteroatoms. The van der Waals surface area contributed by atoms with E-state index in [1.807, 2.05) is 24.3 Å². The number of benzene rings is 1. The molecule has 4 nitrogen and oxygen atoms in total. The van der Waals surface area contributed by atoms with Crippen LogP contribution in [0.4, 0.5) is 5.82 Å². The molecule has 0 radical (unpaired) electrons. The summed E-state index contributed by atoms with van der Waals surface area (Å²) in [6.07, 6.45) is 3.56. The maximum atomic E-state index is 5.75. The van der Waals surface area contributed by atoms with Crippen molar-refractivity contribution in [1.82, 2.24) is 9.97 Å². The summed E-state index contributed by atoms with van der Waals surface area (Å²) >= 11 is 0. The summed E-state index contributed by atoms with van der Waals surface area (Å²) in [5, 5.41) is 3.21. The lowest BCUT2D eigenvalue weighted by molar-refractivity contribution is 0.461. The Balaban J connectivity index is 2.09. The Bertz CT molecular complexity index is 528. The number of ether oxygens (including phenoxy) is 1. The molecule has 100 valence electrons. The summed E-state index contributed by atoms with van der Waals surface area (Å²) in [5.74, 6) is 2.15. The zero-order chi connectivity index (χ0) is 13.5. The average Bonchev–Trinajstić information content (AvgIpc) is 2.46. The highest BCUT2D eigenvalue weighted by atomic mass is 16.5. The lowest BCUT2D eigenvalue weighted by atomic mass is 10.2. The molecule has 2 rings (SSSR count). The largest absolute Gasteiger partial charge is 0.439 e. The van der Waals surface area contributed by atoms with Crippen molar-refractivity contribution in [3.05, 3.63) is 42.2 Å². The summed E-state index contributed by atoms with van der Waals surface area (Å²) in [4.78, 5) is 8.27. The monoisotopic (exact) mass is 257 g/mol. The first-order valence-corrected chi connectivity index (χ1v) is 6.64. The van der Waals surface area contributed by atoms with Crippen molar-refractivity contribution in [2.24, 2.45) is 0 Å². The second-order valence-electron chi connectivity index (χ2n) is 4.27. The first-order chi connectivity index (χ1) is 9.31. The maximum Gasteiger partial charge on any atom is 0.224 e. The Morgan fingerprint density at radius 2 is 2.05 bits per heavy atom. The molecule has 1 N–H and O–H groups in total. The van der Waals surface area contributed by atoms with Crippen molar-refractivity contribution >= 4 is 5.82 Å². The van der Waals surface area contributed by atoms with E-state index in [9.17, 15) is 0 Å². The third-order valence-electron chi connectivity index (χ3n) is 2.73. The highest BCUT2D eigenvalue weighted by Gasteiger charge is 2.02. The Morgan fingerprint density at radius 3 is 2.84 bits per heavy atom. The molecule has 1 aromatic carbocycles. The Hall–Kier alpha value is -2.10. The molecule has 19 heavy (non-hydrogen) atoms. The second kappa shape index (κ2) is 6.73. The zero-order valence-corrected chi connectivity index (χ0v) is 11.4. The van der Waals surface area contributed by atoms with Gasteiger partial charge in [0.25, 0.3) is 0 Å². The number of rotatable bonds is 6. The van der Waals surface area contributed by atoms with E-state index in [4.69, 9.17) is 4.74 Å². The number of nitrogens with one attached hydrogen (secondary N) is 1. The first kappa shape index (κ1) is 13.3. The molecule has 0 aliphatic rings. The molecule has 2 aromatic rings. The highest BCUT2D eigenvalue weighted by molar-refractivity contribution is 5.39. The van der Waals surface area contributed by atoms with Crippen molar-refractivity contribution in [3.8, 4) is 11.6 Å². The van der Waals surface area contributed by atoms with Gasteiger partial charge in [-0.1, -0.05) is 26.0 Å². The van der Waals surface area contributed by atoms with Gasteiger partial charge in [-0.25, -0.2) is 9.97 Å². The van der Waals surface area contributed by atoms with Gasteiger partial charge in [0.2, 0.25) is 5.88 Å². The molecule has 0 atom stereocenters. The predicted molar refractivity (Wildman–Crippen MR) is 76.7 cm³/mol. The molecule has 0 saturated heterocycles. The van der Waals surface area contributed by atoms with E-state index in [0.29, 0.717) is 5.88 Å². The van der Waals surface area contributed by atoms with Crippen LogP contribution in [-0.4, -0.2) is 16.5 Å². The fourth-order valence-electron chi connectivity index (χ4n) is 1.69.